The molecular formula is C17H19N3O3. The molecule has 2 aromatic rings. The molecule has 0 saturated carbocycles. The SMILES string of the molecule is O=C(C=Cc1ccco1)NCc1cccnc1N1CCOCC1. The molecule has 0 unspecified atom stereocenters. The molecule has 0 atom stereocenters. The second-order valence-corrected chi connectivity index (χ2v) is 5.15. The highest BCUT2D eigenvalue weighted by molar-refractivity contribution is 5.91. The van der Waals surface area contributed by atoms with Gasteiger partial charge in [-0.05, 0) is 24.3 Å². The number of aromatic nitrogens is 1. The zero-order valence-electron chi connectivity index (χ0n) is 12.8. The molecule has 120 valence electrons. The number of morpholine rings is 1. The summed E-state index contributed by atoms with van der Waals surface area (Å²) < 4.78 is 10.5. The second kappa shape index (κ2) is 7.60. The van der Waals surface area contributed by atoms with Crippen molar-refractivity contribution in [2.45, 2.75) is 6.54 Å². The van der Waals surface area contributed by atoms with E-state index in [0.29, 0.717) is 25.5 Å². The fourth-order valence-corrected chi connectivity index (χ4v) is 2.41. The normalized spacial score (nSPS) is 15.0. The van der Waals surface area contributed by atoms with Crippen LogP contribution in [0.5, 0.6) is 0 Å². The van der Waals surface area contributed by atoms with Crippen molar-refractivity contribution in [1.82, 2.24) is 10.3 Å². The van der Waals surface area contributed by atoms with Crippen molar-refractivity contribution in [2.24, 2.45) is 0 Å². The number of hydrogen-bond donors (Lipinski definition) is 1. The molecule has 3 heterocycles. The van der Waals surface area contributed by atoms with Gasteiger partial charge >= 0.3 is 0 Å². The molecule has 0 aromatic carbocycles. The Labute approximate surface area is 134 Å². The molecule has 0 spiro atoms. The van der Waals surface area contributed by atoms with Crippen molar-refractivity contribution >= 4 is 17.8 Å². The highest BCUT2D eigenvalue weighted by atomic mass is 16.5. The van der Waals surface area contributed by atoms with Gasteiger partial charge in [0.15, 0.2) is 0 Å². The predicted octanol–water partition coefficient (Wildman–Crippen LogP) is 1.84. The van der Waals surface area contributed by atoms with Crippen LogP contribution in [-0.4, -0.2) is 37.2 Å². The number of rotatable bonds is 5. The number of carbonyl (C=O) groups excluding carboxylic acids is 1. The Bertz CT molecular complexity index is 661. The first-order valence-corrected chi connectivity index (χ1v) is 7.59. The van der Waals surface area contributed by atoms with Gasteiger partial charge in [-0.25, -0.2) is 4.98 Å². The van der Waals surface area contributed by atoms with Crippen molar-refractivity contribution in [3.05, 3.63) is 54.1 Å². The summed E-state index contributed by atoms with van der Waals surface area (Å²) in [5.41, 5.74) is 0.995. The van der Waals surface area contributed by atoms with E-state index < -0.39 is 0 Å². The molecule has 0 radical (unpaired) electrons. The number of nitrogens with one attached hydrogen (secondary N) is 1. The lowest BCUT2D eigenvalue weighted by molar-refractivity contribution is -0.116. The molecule has 3 rings (SSSR count). The summed E-state index contributed by atoms with van der Waals surface area (Å²) in [6.45, 7) is 3.47. The smallest absolute Gasteiger partial charge is 0.244 e. The topological polar surface area (TPSA) is 67.6 Å². The van der Waals surface area contributed by atoms with Gasteiger partial charge in [-0.1, -0.05) is 6.07 Å². The van der Waals surface area contributed by atoms with Crippen LogP contribution in [-0.2, 0) is 16.1 Å². The standard InChI is InChI=1S/C17H19N3O3/c21-16(6-5-15-4-2-10-23-15)19-13-14-3-1-7-18-17(14)20-8-11-22-12-9-20/h1-7,10H,8-9,11-13H2,(H,19,21). The van der Waals surface area contributed by atoms with E-state index in [1.807, 2.05) is 12.1 Å². The lowest BCUT2D eigenvalue weighted by atomic mass is 10.2. The summed E-state index contributed by atoms with van der Waals surface area (Å²) in [4.78, 5) is 18.5. The Morgan fingerprint density at radius 2 is 2.17 bits per heavy atom. The summed E-state index contributed by atoms with van der Waals surface area (Å²) in [7, 11) is 0. The van der Waals surface area contributed by atoms with E-state index in [4.69, 9.17) is 9.15 Å². The lowest BCUT2D eigenvalue weighted by Crippen LogP contribution is -2.37. The molecule has 2 aromatic heterocycles. The molecule has 0 aliphatic carbocycles. The Hall–Kier alpha value is -2.60. The van der Waals surface area contributed by atoms with E-state index in [9.17, 15) is 4.79 Å². The van der Waals surface area contributed by atoms with Gasteiger partial charge in [-0.2, -0.15) is 0 Å². The molecule has 1 amide bonds. The van der Waals surface area contributed by atoms with Crippen molar-refractivity contribution in [3.63, 3.8) is 0 Å². The first kappa shape index (κ1) is 15.3. The van der Waals surface area contributed by atoms with Gasteiger partial charge in [0.2, 0.25) is 5.91 Å². The van der Waals surface area contributed by atoms with Crippen LogP contribution in [0.1, 0.15) is 11.3 Å². The van der Waals surface area contributed by atoms with E-state index in [1.165, 1.54) is 6.08 Å². The fourth-order valence-electron chi connectivity index (χ4n) is 2.41. The molecule has 1 fully saturated rings. The van der Waals surface area contributed by atoms with E-state index in [2.05, 4.69) is 15.2 Å². The van der Waals surface area contributed by atoms with E-state index in [-0.39, 0.29) is 5.91 Å². The number of amides is 1. The number of hydrogen-bond acceptors (Lipinski definition) is 5. The van der Waals surface area contributed by atoms with Crippen molar-refractivity contribution in [3.8, 4) is 0 Å². The highest BCUT2D eigenvalue weighted by Crippen LogP contribution is 2.18. The molecule has 0 bridgehead atoms. The summed E-state index contributed by atoms with van der Waals surface area (Å²) in [6.07, 6.45) is 6.44. The Balaban J connectivity index is 1.60. The van der Waals surface area contributed by atoms with Crippen LogP contribution in [0.3, 0.4) is 0 Å². The largest absolute Gasteiger partial charge is 0.465 e. The molecule has 6 nitrogen and oxygen atoms in total. The van der Waals surface area contributed by atoms with E-state index in [1.54, 1.807) is 30.7 Å². The maximum atomic E-state index is 11.9. The maximum Gasteiger partial charge on any atom is 0.244 e. The monoisotopic (exact) mass is 313 g/mol. The Morgan fingerprint density at radius 3 is 2.96 bits per heavy atom. The molecular weight excluding hydrogens is 294 g/mol. The van der Waals surface area contributed by atoms with Gasteiger partial charge in [0.1, 0.15) is 11.6 Å². The second-order valence-electron chi connectivity index (χ2n) is 5.15. The number of carbonyl (C=O) groups is 1. The van der Waals surface area contributed by atoms with Crippen LogP contribution in [0, 0.1) is 0 Å². The average molecular weight is 313 g/mol. The van der Waals surface area contributed by atoms with E-state index in [0.717, 1.165) is 24.5 Å². The van der Waals surface area contributed by atoms with Crippen LogP contribution in [0.15, 0.2) is 47.2 Å². The van der Waals surface area contributed by atoms with Crippen LogP contribution in [0.25, 0.3) is 6.08 Å². The van der Waals surface area contributed by atoms with E-state index >= 15 is 0 Å². The summed E-state index contributed by atoms with van der Waals surface area (Å²) in [6, 6.07) is 7.43. The van der Waals surface area contributed by atoms with Gasteiger partial charge in [0.25, 0.3) is 0 Å². The van der Waals surface area contributed by atoms with Crippen molar-refractivity contribution in [2.75, 3.05) is 31.2 Å². The minimum absolute atomic E-state index is 0.168. The Kier molecular flexibility index (Phi) is 5.06. The van der Waals surface area contributed by atoms with Gasteiger partial charge in [-0.3, -0.25) is 4.79 Å². The zero-order valence-corrected chi connectivity index (χ0v) is 12.8. The van der Waals surface area contributed by atoms with Crippen molar-refractivity contribution < 1.29 is 13.9 Å². The third-order valence-electron chi connectivity index (χ3n) is 3.57. The molecule has 6 heteroatoms. The Morgan fingerprint density at radius 1 is 1.30 bits per heavy atom. The summed E-state index contributed by atoms with van der Waals surface area (Å²) in [5.74, 6) is 1.39. The summed E-state index contributed by atoms with van der Waals surface area (Å²) >= 11 is 0. The first-order valence-electron chi connectivity index (χ1n) is 7.59. The van der Waals surface area contributed by atoms with Crippen LogP contribution < -0.4 is 10.2 Å². The number of nitrogens with zero attached hydrogens (tertiary/aromatic N) is 2. The first-order chi connectivity index (χ1) is 11.3. The number of pyridine rings is 1. The minimum atomic E-state index is -0.168. The minimum Gasteiger partial charge on any atom is -0.465 e. The number of anilines is 1. The number of ether oxygens (including phenoxy) is 1. The predicted molar refractivity (Wildman–Crippen MR) is 86.9 cm³/mol. The third kappa shape index (κ3) is 4.20. The van der Waals surface area contributed by atoms with Gasteiger partial charge in [-0.15, -0.1) is 0 Å². The average Bonchev–Trinajstić information content (AvgIpc) is 3.13. The fraction of sp³-hybridized carbons (Fsp3) is 0.294. The van der Waals surface area contributed by atoms with Gasteiger partial charge < -0.3 is 19.4 Å². The molecule has 1 N–H and O–H groups in total. The van der Waals surface area contributed by atoms with Crippen LogP contribution in [0.2, 0.25) is 0 Å². The molecule has 23 heavy (non-hydrogen) atoms. The maximum absolute atomic E-state index is 11.9. The van der Waals surface area contributed by atoms with Gasteiger partial charge in [0, 0.05) is 37.5 Å². The number of furan rings is 1. The molecule has 1 aliphatic heterocycles. The molecule has 1 saturated heterocycles. The highest BCUT2D eigenvalue weighted by Gasteiger charge is 2.15. The van der Waals surface area contributed by atoms with Crippen molar-refractivity contribution in [1.29, 1.82) is 0 Å². The summed E-state index contributed by atoms with van der Waals surface area (Å²) in [5, 5.41) is 2.88. The van der Waals surface area contributed by atoms with Crippen LogP contribution in [0.4, 0.5) is 5.82 Å². The quantitative estimate of drug-likeness (QED) is 0.853. The lowest BCUT2D eigenvalue weighted by Gasteiger charge is -2.29. The van der Waals surface area contributed by atoms with Crippen LogP contribution >= 0.6 is 0 Å². The zero-order chi connectivity index (χ0) is 15.9. The van der Waals surface area contributed by atoms with Gasteiger partial charge in [0.05, 0.1) is 19.5 Å². The molecule has 1 aliphatic rings. The third-order valence-corrected chi connectivity index (χ3v) is 3.57.